The van der Waals surface area contributed by atoms with E-state index in [-0.39, 0.29) is 5.91 Å². The van der Waals surface area contributed by atoms with Crippen LogP contribution >= 0.6 is 22.7 Å². The van der Waals surface area contributed by atoms with Gasteiger partial charge in [0.05, 0.1) is 10.2 Å². The molecule has 130 valence electrons. The van der Waals surface area contributed by atoms with Crippen molar-refractivity contribution in [2.45, 2.75) is 39.7 Å². The lowest BCUT2D eigenvalue weighted by atomic mass is 10.0. The van der Waals surface area contributed by atoms with Crippen molar-refractivity contribution in [2.75, 3.05) is 0 Å². The molecule has 3 rings (SSSR count). The van der Waals surface area contributed by atoms with E-state index < -0.39 is 0 Å². The number of benzene rings is 1. The molecule has 2 heterocycles. The number of aryl methyl sites for hydroxylation is 1. The van der Waals surface area contributed by atoms with Crippen LogP contribution in [0.5, 0.6) is 0 Å². The second-order valence-electron chi connectivity index (χ2n) is 6.22. The Morgan fingerprint density at radius 1 is 1.32 bits per heavy atom. The highest BCUT2D eigenvalue weighted by atomic mass is 32.1. The molecule has 0 N–H and O–H groups in total. The van der Waals surface area contributed by atoms with Crippen LogP contribution in [0.25, 0.3) is 16.3 Å². The first kappa shape index (κ1) is 17.8. The molecule has 0 aliphatic heterocycles. The van der Waals surface area contributed by atoms with Crippen LogP contribution in [0.1, 0.15) is 43.6 Å². The van der Waals surface area contributed by atoms with Gasteiger partial charge in [0.1, 0.15) is 0 Å². The van der Waals surface area contributed by atoms with Gasteiger partial charge < -0.3 is 4.57 Å². The Morgan fingerprint density at radius 2 is 2.16 bits per heavy atom. The molecule has 1 aromatic carbocycles. The molecule has 0 aliphatic carbocycles. The van der Waals surface area contributed by atoms with E-state index in [2.05, 4.69) is 48.5 Å². The Hall–Kier alpha value is -1.98. The molecular formula is C20H22N2OS2. The first-order valence-electron chi connectivity index (χ1n) is 8.52. The molecule has 0 aliphatic rings. The topological polar surface area (TPSA) is 34.4 Å². The molecule has 0 saturated carbocycles. The minimum Gasteiger partial charge on any atom is -0.316 e. The second-order valence-corrected chi connectivity index (χ2v) is 8.21. The van der Waals surface area contributed by atoms with Gasteiger partial charge in [0.2, 0.25) is 0 Å². The molecule has 0 fully saturated rings. The first-order valence-corrected chi connectivity index (χ1v) is 10.2. The van der Waals surface area contributed by atoms with E-state index in [9.17, 15) is 4.79 Å². The van der Waals surface area contributed by atoms with Gasteiger partial charge in [-0.05, 0) is 47.6 Å². The number of fused-ring (bicyclic) bond motifs is 1. The number of carbonyl (C=O) groups is 1. The average Bonchev–Trinajstić information content (AvgIpc) is 3.21. The van der Waals surface area contributed by atoms with Crippen molar-refractivity contribution in [2.24, 2.45) is 4.99 Å². The molecule has 0 bridgehead atoms. The zero-order valence-corrected chi connectivity index (χ0v) is 16.4. The summed E-state index contributed by atoms with van der Waals surface area (Å²) in [6.07, 6.45) is 4.38. The normalized spacial score (nSPS) is 12.7. The predicted octanol–water partition coefficient (Wildman–Crippen LogP) is 5.44. The molecule has 0 saturated heterocycles. The van der Waals surface area contributed by atoms with Crippen molar-refractivity contribution in [1.29, 1.82) is 0 Å². The van der Waals surface area contributed by atoms with Crippen LogP contribution in [0.4, 0.5) is 0 Å². The van der Waals surface area contributed by atoms with Gasteiger partial charge in [-0.15, -0.1) is 11.3 Å². The summed E-state index contributed by atoms with van der Waals surface area (Å²) in [4.78, 5) is 18.4. The number of hydrogen-bond acceptors (Lipinski definition) is 3. The lowest BCUT2D eigenvalue weighted by Crippen LogP contribution is -2.16. The van der Waals surface area contributed by atoms with Crippen molar-refractivity contribution >= 4 is 44.9 Å². The van der Waals surface area contributed by atoms with Gasteiger partial charge in [0, 0.05) is 17.5 Å². The summed E-state index contributed by atoms with van der Waals surface area (Å²) in [5, 5.41) is 1.99. The number of hydrogen-bond donors (Lipinski definition) is 0. The summed E-state index contributed by atoms with van der Waals surface area (Å²) in [5.41, 5.74) is 2.47. The van der Waals surface area contributed by atoms with E-state index >= 15 is 0 Å². The number of aromatic nitrogens is 1. The van der Waals surface area contributed by atoms with Gasteiger partial charge in [-0.3, -0.25) is 4.79 Å². The quantitative estimate of drug-likeness (QED) is 0.551. The summed E-state index contributed by atoms with van der Waals surface area (Å²) in [6.45, 7) is 7.39. The molecule has 0 radical (unpaired) electrons. The van der Waals surface area contributed by atoms with Crippen molar-refractivity contribution in [3.05, 3.63) is 57.0 Å². The molecule has 2 aromatic heterocycles. The SMILES string of the molecule is CCCn1c(=NC(=O)/C=C/c2cccs2)sc2cc(C(C)C)ccc21. The number of thiazole rings is 1. The number of thiophene rings is 1. The predicted molar refractivity (Wildman–Crippen MR) is 108 cm³/mol. The molecule has 0 atom stereocenters. The maximum absolute atomic E-state index is 12.3. The fourth-order valence-electron chi connectivity index (χ4n) is 2.64. The van der Waals surface area contributed by atoms with Crippen molar-refractivity contribution < 1.29 is 4.79 Å². The summed E-state index contributed by atoms with van der Waals surface area (Å²) < 4.78 is 3.34. The Morgan fingerprint density at radius 3 is 2.84 bits per heavy atom. The zero-order chi connectivity index (χ0) is 17.8. The Labute approximate surface area is 156 Å². The van der Waals surface area contributed by atoms with Crippen LogP contribution in [-0.2, 0) is 11.3 Å². The summed E-state index contributed by atoms with van der Waals surface area (Å²) in [5.74, 6) is 0.274. The fourth-order valence-corrected chi connectivity index (χ4v) is 4.37. The van der Waals surface area contributed by atoms with Gasteiger partial charge in [0.25, 0.3) is 5.91 Å². The molecule has 5 heteroatoms. The first-order chi connectivity index (χ1) is 12.1. The van der Waals surface area contributed by atoms with Crippen LogP contribution in [0.2, 0.25) is 0 Å². The van der Waals surface area contributed by atoms with E-state index in [0.717, 1.165) is 28.2 Å². The van der Waals surface area contributed by atoms with Gasteiger partial charge in [-0.25, -0.2) is 0 Å². The number of rotatable bonds is 5. The lowest BCUT2D eigenvalue weighted by Gasteiger charge is -2.06. The number of carbonyl (C=O) groups excluding carboxylic acids is 1. The van der Waals surface area contributed by atoms with E-state index in [1.807, 2.05) is 23.6 Å². The minimum absolute atomic E-state index is 0.214. The Bertz CT molecular complexity index is 959. The number of nitrogens with zero attached hydrogens (tertiary/aromatic N) is 2. The average molecular weight is 371 g/mol. The fraction of sp³-hybridized carbons (Fsp3) is 0.300. The highest BCUT2D eigenvalue weighted by Gasteiger charge is 2.09. The maximum Gasteiger partial charge on any atom is 0.272 e. The van der Waals surface area contributed by atoms with Gasteiger partial charge in [0.15, 0.2) is 4.80 Å². The van der Waals surface area contributed by atoms with Gasteiger partial charge in [-0.1, -0.05) is 44.2 Å². The van der Waals surface area contributed by atoms with Gasteiger partial charge >= 0.3 is 0 Å². The summed E-state index contributed by atoms with van der Waals surface area (Å²) >= 11 is 3.20. The van der Waals surface area contributed by atoms with E-state index in [0.29, 0.717) is 5.92 Å². The highest BCUT2D eigenvalue weighted by molar-refractivity contribution is 7.16. The van der Waals surface area contributed by atoms with Crippen LogP contribution in [0.3, 0.4) is 0 Å². The minimum atomic E-state index is -0.214. The van der Waals surface area contributed by atoms with Crippen LogP contribution < -0.4 is 4.80 Å². The largest absolute Gasteiger partial charge is 0.316 e. The van der Waals surface area contributed by atoms with E-state index in [1.165, 1.54) is 10.3 Å². The third-order valence-electron chi connectivity index (χ3n) is 3.96. The molecule has 3 aromatic rings. The smallest absolute Gasteiger partial charge is 0.272 e. The molecule has 25 heavy (non-hydrogen) atoms. The number of amides is 1. The van der Waals surface area contributed by atoms with E-state index in [1.54, 1.807) is 28.7 Å². The van der Waals surface area contributed by atoms with Crippen molar-refractivity contribution in [3.63, 3.8) is 0 Å². The van der Waals surface area contributed by atoms with Crippen LogP contribution in [0, 0.1) is 0 Å². The maximum atomic E-state index is 12.3. The third kappa shape index (κ3) is 4.17. The van der Waals surface area contributed by atoms with Gasteiger partial charge in [-0.2, -0.15) is 4.99 Å². The molecule has 3 nitrogen and oxygen atoms in total. The third-order valence-corrected chi connectivity index (χ3v) is 5.84. The highest BCUT2D eigenvalue weighted by Crippen LogP contribution is 2.23. The lowest BCUT2D eigenvalue weighted by molar-refractivity contribution is -0.113. The molecule has 1 amide bonds. The summed E-state index contributed by atoms with van der Waals surface area (Å²) in [6, 6.07) is 10.5. The molecule has 0 unspecified atom stereocenters. The Kier molecular flexibility index (Phi) is 5.66. The molecule has 0 spiro atoms. The van der Waals surface area contributed by atoms with Crippen LogP contribution in [-0.4, -0.2) is 10.5 Å². The molecular weight excluding hydrogens is 348 g/mol. The van der Waals surface area contributed by atoms with Crippen molar-refractivity contribution in [3.8, 4) is 0 Å². The summed E-state index contributed by atoms with van der Waals surface area (Å²) in [7, 11) is 0. The van der Waals surface area contributed by atoms with Crippen molar-refractivity contribution in [1.82, 2.24) is 4.57 Å². The standard InChI is InChI=1S/C20H22N2OS2/c1-4-11-22-17-9-7-15(14(2)3)13-18(17)25-20(22)21-19(23)10-8-16-6-5-12-24-16/h5-10,12-14H,4,11H2,1-3H3/b10-8+,21-20?. The Balaban J connectivity index is 2.01. The van der Waals surface area contributed by atoms with Crippen LogP contribution in [0.15, 0.2) is 46.8 Å². The monoisotopic (exact) mass is 370 g/mol. The van der Waals surface area contributed by atoms with E-state index in [4.69, 9.17) is 0 Å². The second kappa shape index (κ2) is 7.93. The zero-order valence-electron chi connectivity index (χ0n) is 14.7.